The number of rotatable bonds is 3. The fourth-order valence-corrected chi connectivity index (χ4v) is 4.62. The van der Waals surface area contributed by atoms with Crippen molar-refractivity contribution in [1.82, 2.24) is 26.1 Å². The van der Waals surface area contributed by atoms with Gasteiger partial charge in [0.2, 0.25) is 5.91 Å². The number of ether oxygens (including phenoxy) is 1. The molecule has 28 heavy (non-hydrogen) atoms. The molecular formula is C20H24N6O2. The van der Waals surface area contributed by atoms with Crippen LogP contribution in [0.15, 0.2) is 42.7 Å². The van der Waals surface area contributed by atoms with Crippen molar-refractivity contribution in [1.29, 1.82) is 0 Å². The Kier molecular flexibility index (Phi) is 4.67. The minimum atomic E-state index is -0.143. The van der Waals surface area contributed by atoms with Crippen molar-refractivity contribution in [2.75, 3.05) is 31.2 Å². The molecule has 3 N–H and O–H groups in total. The molecule has 0 saturated carbocycles. The molecule has 0 aromatic carbocycles. The molecule has 4 unspecified atom stereocenters. The Balaban J connectivity index is 1.53. The van der Waals surface area contributed by atoms with Crippen molar-refractivity contribution < 1.29 is 9.53 Å². The summed E-state index contributed by atoms with van der Waals surface area (Å²) in [7, 11) is 0. The quantitative estimate of drug-likeness (QED) is 0.722. The second-order valence-corrected chi connectivity index (χ2v) is 7.47. The lowest BCUT2D eigenvalue weighted by Crippen LogP contribution is -2.52. The highest BCUT2D eigenvalue weighted by Crippen LogP contribution is 2.44. The van der Waals surface area contributed by atoms with Crippen molar-refractivity contribution in [2.45, 2.75) is 24.5 Å². The van der Waals surface area contributed by atoms with Crippen molar-refractivity contribution in [3.63, 3.8) is 0 Å². The van der Waals surface area contributed by atoms with E-state index in [1.807, 2.05) is 36.7 Å². The molecule has 5 heterocycles. The number of anilines is 1. The van der Waals surface area contributed by atoms with Gasteiger partial charge in [-0.25, -0.2) is 15.8 Å². The van der Waals surface area contributed by atoms with Gasteiger partial charge in [-0.3, -0.25) is 9.78 Å². The molecule has 4 atom stereocenters. The fourth-order valence-electron chi connectivity index (χ4n) is 4.62. The maximum absolute atomic E-state index is 12.5. The van der Waals surface area contributed by atoms with Crippen LogP contribution < -0.4 is 21.1 Å². The van der Waals surface area contributed by atoms with Crippen molar-refractivity contribution in [2.24, 2.45) is 5.92 Å². The maximum atomic E-state index is 12.5. The van der Waals surface area contributed by atoms with Crippen LogP contribution in [0.5, 0.6) is 0 Å². The van der Waals surface area contributed by atoms with Crippen LogP contribution in [0, 0.1) is 5.92 Å². The summed E-state index contributed by atoms with van der Waals surface area (Å²) in [5.41, 5.74) is 8.71. The van der Waals surface area contributed by atoms with Gasteiger partial charge in [-0.1, -0.05) is 12.1 Å². The zero-order valence-corrected chi connectivity index (χ0v) is 15.5. The number of piperidine rings is 1. The normalized spacial score (nSPS) is 30.0. The lowest BCUT2D eigenvalue weighted by Gasteiger charge is -2.38. The summed E-state index contributed by atoms with van der Waals surface area (Å²) in [5.74, 6) is 1.20. The van der Waals surface area contributed by atoms with Crippen LogP contribution in [0.25, 0.3) is 0 Å². The molecule has 0 radical (unpaired) electrons. The molecule has 3 aliphatic rings. The molecular weight excluding hydrogens is 356 g/mol. The third kappa shape index (κ3) is 3.13. The molecule has 2 aromatic rings. The topological polar surface area (TPSA) is 91.4 Å². The van der Waals surface area contributed by atoms with E-state index in [1.54, 1.807) is 0 Å². The van der Waals surface area contributed by atoms with E-state index in [4.69, 9.17) is 9.72 Å². The molecule has 8 nitrogen and oxygen atoms in total. The van der Waals surface area contributed by atoms with E-state index in [1.165, 1.54) is 0 Å². The number of aromatic nitrogens is 2. The number of carbonyl (C=O) groups excluding carboxylic acids is 1. The Labute approximate surface area is 163 Å². The molecule has 0 aliphatic carbocycles. The number of hydrazine groups is 1. The fraction of sp³-hybridized carbons (Fsp3) is 0.450. The van der Waals surface area contributed by atoms with Crippen molar-refractivity contribution in [3.05, 3.63) is 54.0 Å². The van der Waals surface area contributed by atoms with Gasteiger partial charge >= 0.3 is 0 Å². The molecule has 146 valence electrons. The zero-order valence-electron chi connectivity index (χ0n) is 15.5. The number of hydrogen-bond acceptors (Lipinski definition) is 7. The lowest BCUT2D eigenvalue weighted by atomic mass is 9.75. The van der Waals surface area contributed by atoms with Gasteiger partial charge in [-0.05, 0) is 23.8 Å². The van der Waals surface area contributed by atoms with Gasteiger partial charge in [0.1, 0.15) is 5.82 Å². The SMILES string of the molecule is O=C1CC(c2cccnc2N2CCOCC2)C2C(NNC2c2ccccn2)N1. The maximum Gasteiger partial charge on any atom is 0.221 e. The van der Waals surface area contributed by atoms with Gasteiger partial charge in [0.05, 0.1) is 31.1 Å². The highest BCUT2D eigenvalue weighted by molar-refractivity contribution is 5.79. The third-order valence-corrected chi connectivity index (χ3v) is 5.88. The Morgan fingerprint density at radius 3 is 2.71 bits per heavy atom. The van der Waals surface area contributed by atoms with Gasteiger partial charge in [-0.2, -0.15) is 0 Å². The number of pyridine rings is 2. The minimum absolute atomic E-state index is 0.00884. The minimum Gasteiger partial charge on any atom is -0.378 e. The predicted molar refractivity (Wildman–Crippen MR) is 103 cm³/mol. The monoisotopic (exact) mass is 380 g/mol. The average Bonchev–Trinajstić information content (AvgIpc) is 3.18. The van der Waals surface area contributed by atoms with E-state index in [0.717, 1.165) is 30.2 Å². The first kappa shape index (κ1) is 17.5. The van der Waals surface area contributed by atoms with Gasteiger partial charge in [0.25, 0.3) is 0 Å². The second kappa shape index (κ2) is 7.46. The van der Waals surface area contributed by atoms with Crippen LogP contribution in [0.1, 0.15) is 29.6 Å². The largest absolute Gasteiger partial charge is 0.378 e. The summed E-state index contributed by atoms with van der Waals surface area (Å²) in [4.78, 5) is 24.0. The van der Waals surface area contributed by atoms with E-state index >= 15 is 0 Å². The molecule has 8 heteroatoms. The molecule has 3 saturated heterocycles. The Morgan fingerprint density at radius 2 is 1.89 bits per heavy atom. The van der Waals surface area contributed by atoms with Gasteiger partial charge in [0.15, 0.2) is 0 Å². The first-order valence-electron chi connectivity index (χ1n) is 9.80. The van der Waals surface area contributed by atoms with E-state index in [-0.39, 0.29) is 30.0 Å². The number of nitrogens with zero attached hydrogens (tertiary/aromatic N) is 3. The molecule has 5 rings (SSSR count). The summed E-state index contributed by atoms with van der Waals surface area (Å²) in [5, 5.41) is 3.08. The average molecular weight is 380 g/mol. The number of morpholine rings is 1. The van der Waals surface area contributed by atoms with Crippen LogP contribution in [0.2, 0.25) is 0 Å². The van der Waals surface area contributed by atoms with E-state index in [2.05, 4.69) is 32.1 Å². The second-order valence-electron chi connectivity index (χ2n) is 7.47. The molecule has 1 amide bonds. The zero-order chi connectivity index (χ0) is 18.9. The first-order chi connectivity index (χ1) is 13.8. The van der Waals surface area contributed by atoms with E-state index in [9.17, 15) is 4.79 Å². The summed E-state index contributed by atoms with van der Waals surface area (Å²) in [6, 6.07) is 10.0. The van der Waals surface area contributed by atoms with Gasteiger partial charge in [-0.15, -0.1) is 0 Å². The number of fused-ring (bicyclic) bond motifs is 1. The molecule has 3 fully saturated rings. The number of carbonyl (C=O) groups is 1. The predicted octanol–water partition coefficient (Wildman–Crippen LogP) is 0.708. The standard InChI is InChI=1S/C20H24N6O2/c27-16-12-14(13-4-3-7-22-20(13)26-8-10-28-11-9-26)17-18(24-25-19(17)23-16)15-5-1-2-6-21-15/h1-7,14,17-19,24-25H,8-12H2,(H,23,27). The van der Waals surface area contributed by atoms with Crippen LogP contribution in [0.3, 0.4) is 0 Å². The van der Waals surface area contributed by atoms with E-state index < -0.39 is 0 Å². The van der Waals surface area contributed by atoms with Gasteiger partial charge in [0, 0.05) is 43.7 Å². The summed E-state index contributed by atoms with van der Waals surface area (Å²) in [6.45, 7) is 3.04. The third-order valence-electron chi connectivity index (χ3n) is 5.88. The molecule has 0 bridgehead atoms. The van der Waals surface area contributed by atoms with Crippen LogP contribution >= 0.6 is 0 Å². The Bertz CT molecular complexity index is 842. The number of nitrogens with one attached hydrogen (secondary N) is 3. The van der Waals surface area contributed by atoms with Crippen LogP contribution in [-0.2, 0) is 9.53 Å². The first-order valence-corrected chi connectivity index (χ1v) is 9.80. The summed E-state index contributed by atoms with van der Waals surface area (Å²) >= 11 is 0. The highest BCUT2D eigenvalue weighted by atomic mass is 16.5. The molecule has 2 aromatic heterocycles. The molecule has 3 aliphatic heterocycles. The van der Waals surface area contributed by atoms with Crippen LogP contribution in [-0.4, -0.2) is 48.3 Å². The summed E-state index contributed by atoms with van der Waals surface area (Å²) in [6.07, 6.45) is 3.94. The van der Waals surface area contributed by atoms with Crippen molar-refractivity contribution in [3.8, 4) is 0 Å². The Morgan fingerprint density at radius 1 is 1.04 bits per heavy atom. The Hall–Kier alpha value is -2.55. The lowest BCUT2D eigenvalue weighted by molar-refractivity contribution is -0.125. The highest BCUT2D eigenvalue weighted by Gasteiger charge is 2.48. The smallest absolute Gasteiger partial charge is 0.221 e. The van der Waals surface area contributed by atoms with Gasteiger partial charge < -0.3 is 15.0 Å². The number of amides is 1. The van der Waals surface area contributed by atoms with E-state index in [0.29, 0.717) is 19.6 Å². The van der Waals surface area contributed by atoms with Crippen LogP contribution in [0.4, 0.5) is 5.82 Å². The number of hydrogen-bond donors (Lipinski definition) is 3. The summed E-state index contributed by atoms with van der Waals surface area (Å²) < 4.78 is 5.51. The van der Waals surface area contributed by atoms with Crippen molar-refractivity contribution >= 4 is 11.7 Å². The molecule has 0 spiro atoms.